The van der Waals surface area contributed by atoms with Crippen molar-refractivity contribution >= 4 is 22.2 Å². The van der Waals surface area contributed by atoms with Crippen LogP contribution in [0.25, 0.3) is 11.3 Å². The Morgan fingerprint density at radius 2 is 2.05 bits per heavy atom. The Labute approximate surface area is 120 Å². The van der Waals surface area contributed by atoms with Gasteiger partial charge in [-0.05, 0) is 26.0 Å². The molecule has 0 aliphatic carbocycles. The van der Waals surface area contributed by atoms with E-state index in [2.05, 4.69) is 10.3 Å². The van der Waals surface area contributed by atoms with Gasteiger partial charge in [0.2, 0.25) is 0 Å². The second-order valence-corrected chi connectivity index (χ2v) is 5.87. The molecule has 2 rings (SSSR count). The highest BCUT2D eigenvalue weighted by atomic mass is 32.1. The molecular weight excluding hydrogens is 278 g/mol. The highest BCUT2D eigenvalue weighted by molar-refractivity contribution is 7.14. The molecule has 1 aromatic carbocycles. The van der Waals surface area contributed by atoms with Gasteiger partial charge in [0.15, 0.2) is 5.13 Å². The topological polar surface area (TPSA) is 88.3 Å². The summed E-state index contributed by atoms with van der Waals surface area (Å²) in [5.74, 6) is 0. The van der Waals surface area contributed by atoms with Gasteiger partial charge < -0.3 is 10.4 Å². The van der Waals surface area contributed by atoms with Crippen LogP contribution in [0.4, 0.5) is 10.8 Å². The van der Waals surface area contributed by atoms with Crippen LogP contribution in [0.5, 0.6) is 0 Å². The Hall–Kier alpha value is -1.99. The Kier molecular flexibility index (Phi) is 4.01. The Bertz CT molecular complexity index is 608. The summed E-state index contributed by atoms with van der Waals surface area (Å²) < 4.78 is 0. The number of non-ortho nitro benzene ring substituents is 1. The Morgan fingerprint density at radius 1 is 1.40 bits per heavy atom. The SMILES string of the molecule is CC(C)(CO)Nc1nc(-c2ccc([N+](=O)[O-])cc2)cs1. The molecule has 6 nitrogen and oxygen atoms in total. The Balaban J connectivity index is 2.18. The maximum atomic E-state index is 10.6. The van der Waals surface area contributed by atoms with Crippen molar-refractivity contribution in [3.05, 3.63) is 39.8 Å². The second kappa shape index (κ2) is 5.56. The van der Waals surface area contributed by atoms with Crippen molar-refractivity contribution in [1.82, 2.24) is 4.98 Å². The van der Waals surface area contributed by atoms with Crippen molar-refractivity contribution in [2.24, 2.45) is 0 Å². The van der Waals surface area contributed by atoms with Crippen molar-refractivity contribution < 1.29 is 10.0 Å². The Morgan fingerprint density at radius 3 is 2.60 bits per heavy atom. The zero-order valence-corrected chi connectivity index (χ0v) is 12.0. The second-order valence-electron chi connectivity index (χ2n) is 5.01. The fourth-order valence-corrected chi connectivity index (χ4v) is 2.44. The molecule has 0 radical (unpaired) electrons. The third-order valence-corrected chi connectivity index (χ3v) is 3.48. The van der Waals surface area contributed by atoms with Crippen molar-refractivity contribution in [1.29, 1.82) is 0 Å². The van der Waals surface area contributed by atoms with Crippen LogP contribution in [0, 0.1) is 10.1 Å². The zero-order valence-electron chi connectivity index (χ0n) is 11.2. The van der Waals surface area contributed by atoms with E-state index in [-0.39, 0.29) is 12.3 Å². The normalized spacial score (nSPS) is 11.3. The van der Waals surface area contributed by atoms with E-state index in [1.807, 2.05) is 19.2 Å². The molecule has 20 heavy (non-hydrogen) atoms. The molecule has 1 aromatic heterocycles. The molecule has 0 spiro atoms. The number of thiazole rings is 1. The van der Waals surface area contributed by atoms with Gasteiger partial charge in [-0.1, -0.05) is 0 Å². The number of rotatable bonds is 5. The average molecular weight is 293 g/mol. The lowest BCUT2D eigenvalue weighted by atomic mass is 10.1. The van der Waals surface area contributed by atoms with Crippen molar-refractivity contribution in [2.45, 2.75) is 19.4 Å². The lowest BCUT2D eigenvalue weighted by molar-refractivity contribution is -0.384. The van der Waals surface area contributed by atoms with Crippen molar-refractivity contribution in [3.63, 3.8) is 0 Å². The number of nitrogens with zero attached hydrogens (tertiary/aromatic N) is 2. The largest absolute Gasteiger partial charge is 0.394 e. The molecule has 2 aromatic rings. The summed E-state index contributed by atoms with van der Waals surface area (Å²) in [6, 6.07) is 6.27. The number of aromatic nitrogens is 1. The maximum absolute atomic E-state index is 10.6. The highest BCUT2D eigenvalue weighted by Gasteiger charge is 2.17. The molecule has 0 aliphatic heterocycles. The molecular formula is C13H15N3O3S. The first-order valence-corrected chi connectivity index (χ1v) is 6.89. The number of anilines is 1. The van der Waals surface area contributed by atoms with Gasteiger partial charge in [0, 0.05) is 23.1 Å². The van der Waals surface area contributed by atoms with Crippen LogP contribution in [0.15, 0.2) is 29.6 Å². The van der Waals surface area contributed by atoms with Gasteiger partial charge in [-0.15, -0.1) is 11.3 Å². The van der Waals surface area contributed by atoms with E-state index in [9.17, 15) is 15.2 Å². The van der Waals surface area contributed by atoms with E-state index in [0.717, 1.165) is 11.3 Å². The monoisotopic (exact) mass is 293 g/mol. The zero-order chi connectivity index (χ0) is 14.8. The van der Waals surface area contributed by atoms with Crippen molar-refractivity contribution in [2.75, 3.05) is 11.9 Å². The van der Waals surface area contributed by atoms with Crippen LogP contribution < -0.4 is 5.32 Å². The number of nitrogens with one attached hydrogen (secondary N) is 1. The molecule has 0 fully saturated rings. The van der Waals surface area contributed by atoms with Gasteiger partial charge in [0.05, 0.1) is 22.8 Å². The summed E-state index contributed by atoms with van der Waals surface area (Å²) >= 11 is 1.43. The van der Waals surface area contributed by atoms with Crippen LogP contribution >= 0.6 is 11.3 Å². The van der Waals surface area contributed by atoms with Gasteiger partial charge >= 0.3 is 0 Å². The summed E-state index contributed by atoms with van der Waals surface area (Å²) in [6.45, 7) is 3.75. The molecule has 0 saturated carbocycles. The number of aliphatic hydroxyl groups is 1. The fourth-order valence-electron chi connectivity index (χ4n) is 1.55. The van der Waals surface area contributed by atoms with Crippen molar-refractivity contribution in [3.8, 4) is 11.3 Å². The summed E-state index contributed by atoms with van der Waals surface area (Å²) in [6.07, 6.45) is 0. The molecule has 0 bridgehead atoms. The highest BCUT2D eigenvalue weighted by Crippen LogP contribution is 2.27. The molecule has 0 unspecified atom stereocenters. The summed E-state index contributed by atoms with van der Waals surface area (Å²) in [5, 5.41) is 25.5. The van der Waals surface area contributed by atoms with Crippen LogP contribution in [0.2, 0.25) is 0 Å². The number of benzene rings is 1. The van der Waals surface area contributed by atoms with Gasteiger partial charge in [-0.3, -0.25) is 10.1 Å². The molecule has 106 valence electrons. The number of nitro benzene ring substituents is 1. The van der Waals surface area contributed by atoms with E-state index in [0.29, 0.717) is 5.13 Å². The summed E-state index contributed by atoms with van der Waals surface area (Å²) in [4.78, 5) is 14.6. The van der Waals surface area contributed by atoms with E-state index >= 15 is 0 Å². The molecule has 0 saturated heterocycles. The standard InChI is InChI=1S/C13H15N3O3S/c1-13(2,8-17)15-12-14-11(7-20-12)9-3-5-10(6-4-9)16(18)19/h3-7,17H,8H2,1-2H3,(H,14,15). The lowest BCUT2D eigenvalue weighted by Crippen LogP contribution is -2.34. The smallest absolute Gasteiger partial charge is 0.269 e. The van der Waals surface area contributed by atoms with E-state index in [1.165, 1.54) is 23.5 Å². The first-order chi connectivity index (χ1) is 9.41. The first-order valence-electron chi connectivity index (χ1n) is 6.01. The quantitative estimate of drug-likeness (QED) is 0.653. The van der Waals surface area contributed by atoms with Crippen LogP contribution in [0.1, 0.15) is 13.8 Å². The minimum Gasteiger partial charge on any atom is -0.394 e. The first kappa shape index (κ1) is 14.4. The molecule has 0 amide bonds. The van der Waals surface area contributed by atoms with E-state index in [4.69, 9.17) is 0 Å². The van der Waals surface area contributed by atoms with Crippen LogP contribution in [0.3, 0.4) is 0 Å². The maximum Gasteiger partial charge on any atom is 0.269 e. The van der Waals surface area contributed by atoms with Gasteiger partial charge in [0.25, 0.3) is 5.69 Å². The number of hydrogen-bond acceptors (Lipinski definition) is 6. The molecule has 2 N–H and O–H groups in total. The summed E-state index contributed by atoms with van der Waals surface area (Å²) in [7, 11) is 0. The average Bonchev–Trinajstić information content (AvgIpc) is 2.86. The van der Waals surface area contributed by atoms with Gasteiger partial charge in [-0.25, -0.2) is 4.98 Å². The number of aliphatic hydroxyl groups excluding tert-OH is 1. The number of nitro groups is 1. The van der Waals surface area contributed by atoms with E-state index < -0.39 is 10.5 Å². The van der Waals surface area contributed by atoms with Gasteiger partial charge in [0.1, 0.15) is 0 Å². The van der Waals surface area contributed by atoms with E-state index in [1.54, 1.807) is 12.1 Å². The molecule has 0 atom stereocenters. The van der Waals surface area contributed by atoms with Gasteiger partial charge in [-0.2, -0.15) is 0 Å². The minimum absolute atomic E-state index is 0.000551. The molecule has 0 aliphatic rings. The third-order valence-electron chi connectivity index (χ3n) is 2.72. The predicted molar refractivity (Wildman–Crippen MR) is 79.0 cm³/mol. The van der Waals surface area contributed by atoms with Crippen LogP contribution in [-0.4, -0.2) is 27.2 Å². The minimum atomic E-state index is -0.440. The third kappa shape index (κ3) is 3.31. The fraction of sp³-hybridized carbons (Fsp3) is 0.308. The molecule has 7 heteroatoms. The number of hydrogen-bond donors (Lipinski definition) is 2. The predicted octanol–water partition coefficient (Wildman–Crippen LogP) is 2.90. The molecule has 1 heterocycles. The lowest BCUT2D eigenvalue weighted by Gasteiger charge is -2.22. The van der Waals surface area contributed by atoms with Crippen LogP contribution in [-0.2, 0) is 0 Å². The summed E-state index contributed by atoms with van der Waals surface area (Å²) in [5.41, 5.74) is 1.19.